The number of amides is 1. The summed E-state index contributed by atoms with van der Waals surface area (Å²) in [4.78, 5) is 11.4. The fourth-order valence-electron chi connectivity index (χ4n) is 2.76. The Morgan fingerprint density at radius 2 is 2.00 bits per heavy atom. The van der Waals surface area contributed by atoms with Gasteiger partial charge in [-0.05, 0) is 49.4 Å². The molecule has 6 nitrogen and oxygen atoms in total. The molecule has 0 heterocycles. The first kappa shape index (κ1) is 15.8. The summed E-state index contributed by atoms with van der Waals surface area (Å²) >= 11 is 0. The van der Waals surface area contributed by atoms with E-state index < -0.39 is 21.0 Å². The van der Waals surface area contributed by atoms with Gasteiger partial charge in [-0.3, -0.25) is 10.0 Å². The molecular formula is C14H19NO5S. The van der Waals surface area contributed by atoms with Gasteiger partial charge < -0.3 is 4.74 Å². The minimum absolute atomic E-state index is 0.00447. The molecule has 0 aliphatic heterocycles. The van der Waals surface area contributed by atoms with E-state index in [1.807, 2.05) is 0 Å². The lowest BCUT2D eigenvalue weighted by atomic mass is 10.0. The summed E-state index contributed by atoms with van der Waals surface area (Å²) in [6.45, 7) is 0. The highest BCUT2D eigenvalue weighted by atomic mass is 32.2. The number of benzene rings is 1. The number of hydroxylamine groups is 1. The van der Waals surface area contributed by atoms with Gasteiger partial charge in [0.2, 0.25) is 5.91 Å². The molecule has 7 heteroatoms. The Bertz CT molecular complexity index is 596. The van der Waals surface area contributed by atoms with E-state index in [0.717, 1.165) is 0 Å². The highest BCUT2D eigenvalue weighted by molar-refractivity contribution is 7.92. The lowest BCUT2D eigenvalue weighted by molar-refractivity contribution is -0.130. The fourth-order valence-corrected chi connectivity index (χ4v) is 4.63. The van der Waals surface area contributed by atoms with Gasteiger partial charge in [0.15, 0.2) is 9.84 Å². The molecule has 0 saturated heterocycles. The first-order chi connectivity index (χ1) is 9.97. The zero-order chi connectivity index (χ0) is 15.5. The van der Waals surface area contributed by atoms with Gasteiger partial charge in [0.1, 0.15) is 5.75 Å². The average molecular weight is 313 g/mol. The molecule has 2 atom stereocenters. The molecule has 116 valence electrons. The van der Waals surface area contributed by atoms with Crippen LogP contribution in [-0.4, -0.2) is 31.9 Å². The second kappa shape index (κ2) is 6.44. The zero-order valence-corrected chi connectivity index (χ0v) is 12.6. The third kappa shape index (κ3) is 3.54. The van der Waals surface area contributed by atoms with Crippen LogP contribution in [0.25, 0.3) is 0 Å². The molecule has 1 fully saturated rings. The molecule has 2 unspecified atom stereocenters. The van der Waals surface area contributed by atoms with Crippen LogP contribution in [0, 0.1) is 5.92 Å². The summed E-state index contributed by atoms with van der Waals surface area (Å²) in [6, 6.07) is 6.33. The molecule has 1 saturated carbocycles. The van der Waals surface area contributed by atoms with Crippen LogP contribution in [0.5, 0.6) is 5.75 Å². The molecule has 0 bridgehead atoms. The van der Waals surface area contributed by atoms with E-state index in [-0.39, 0.29) is 17.2 Å². The number of sulfone groups is 1. The highest BCUT2D eigenvalue weighted by Gasteiger charge is 2.35. The lowest BCUT2D eigenvalue weighted by Crippen LogP contribution is -2.22. The minimum atomic E-state index is -3.39. The quantitative estimate of drug-likeness (QED) is 0.635. The van der Waals surface area contributed by atoms with E-state index in [4.69, 9.17) is 9.94 Å². The second-order valence-electron chi connectivity index (χ2n) is 5.26. The summed E-state index contributed by atoms with van der Waals surface area (Å²) in [5.74, 6) is 0.135. The molecule has 0 spiro atoms. The van der Waals surface area contributed by atoms with E-state index in [2.05, 4.69) is 0 Å². The van der Waals surface area contributed by atoms with Gasteiger partial charge in [-0.15, -0.1) is 0 Å². The molecule has 0 aromatic heterocycles. The number of carbonyl (C=O) groups is 1. The molecule has 2 N–H and O–H groups in total. The fraction of sp³-hybridized carbons (Fsp3) is 0.500. The molecule has 1 aromatic rings. The standard InChI is InChI=1S/C14H19NO5S/c1-20-11-3-6-12(7-4-11)21(18,19)13-5-2-10(8-13)9-14(16)15-17/h3-4,6-7,10,13,17H,2,5,8-9H2,1H3,(H,15,16). The van der Waals surface area contributed by atoms with Crippen LogP contribution in [0.1, 0.15) is 25.7 Å². The molecule has 1 aliphatic carbocycles. The Kier molecular flexibility index (Phi) is 4.84. The van der Waals surface area contributed by atoms with E-state index in [1.54, 1.807) is 29.7 Å². The summed E-state index contributed by atoms with van der Waals surface area (Å²) in [5.41, 5.74) is 1.59. The number of rotatable bonds is 5. The molecule has 2 rings (SSSR count). The van der Waals surface area contributed by atoms with E-state index in [9.17, 15) is 13.2 Å². The van der Waals surface area contributed by atoms with Crippen molar-refractivity contribution < 1.29 is 23.2 Å². The molecular weight excluding hydrogens is 294 g/mol. The largest absolute Gasteiger partial charge is 0.497 e. The van der Waals surface area contributed by atoms with Crippen molar-refractivity contribution >= 4 is 15.7 Å². The zero-order valence-electron chi connectivity index (χ0n) is 11.8. The predicted molar refractivity (Wildman–Crippen MR) is 75.9 cm³/mol. The number of carbonyl (C=O) groups excluding carboxylic acids is 1. The van der Waals surface area contributed by atoms with Gasteiger partial charge in [0.05, 0.1) is 17.3 Å². The highest BCUT2D eigenvalue weighted by Crippen LogP contribution is 2.35. The van der Waals surface area contributed by atoms with Crippen molar-refractivity contribution in [3.63, 3.8) is 0 Å². The third-order valence-corrected chi connectivity index (χ3v) is 6.15. The summed E-state index contributed by atoms with van der Waals surface area (Å²) in [5, 5.41) is 8.05. The van der Waals surface area contributed by atoms with Gasteiger partial charge in [0, 0.05) is 6.42 Å². The van der Waals surface area contributed by atoms with Crippen LogP contribution >= 0.6 is 0 Å². The average Bonchev–Trinajstić information content (AvgIpc) is 2.96. The van der Waals surface area contributed by atoms with Crippen LogP contribution in [0.2, 0.25) is 0 Å². The summed E-state index contributed by atoms with van der Waals surface area (Å²) < 4.78 is 30.1. The van der Waals surface area contributed by atoms with Crippen molar-refractivity contribution in [2.45, 2.75) is 35.8 Å². The predicted octanol–water partition coefficient (Wildman–Crippen LogP) is 1.53. The Hall–Kier alpha value is -1.60. The maximum Gasteiger partial charge on any atom is 0.243 e. The van der Waals surface area contributed by atoms with Crippen molar-refractivity contribution in [2.75, 3.05) is 7.11 Å². The Morgan fingerprint density at radius 3 is 2.57 bits per heavy atom. The maximum atomic E-state index is 12.5. The molecule has 1 amide bonds. The smallest absolute Gasteiger partial charge is 0.243 e. The van der Waals surface area contributed by atoms with Crippen molar-refractivity contribution in [1.29, 1.82) is 0 Å². The SMILES string of the molecule is COc1ccc(S(=O)(=O)C2CCC(CC(=O)NO)C2)cc1. The monoisotopic (exact) mass is 313 g/mol. The number of hydrogen-bond acceptors (Lipinski definition) is 5. The summed E-state index contributed by atoms with van der Waals surface area (Å²) in [6.07, 6.45) is 1.82. The molecule has 0 radical (unpaired) electrons. The van der Waals surface area contributed by atoms with Gasteiger partial charge in [-0.1, -0.05) is 0 Å². The van der Waals surface area contributed by atoms with Crippen LogP contribution < -0.4 is 10.2 Å². The van der Waals surface area contributed by atoms with Crippen LogP contribution in [0.15, 0.2) is 29.2 Å². The van der Waals surface area contributed by atoms with Gasteiger partial charge in [-0.25, -0.2) is 13.9 Å². The number of hydrogen-bond donors (Lipinski definition) is 2. The van der Waals surface area contributed by atoms with Crippen molar-refractivity contribution in [1.82, 2.24) is 5.48 Å². The lowest BCUT2D eigenvalue weighted by Gasteiger charge is -2.12. The Balaban J connectivity index is 2.08. The molecule has 1 aromatic carbocycles. The number of methoxy groups -OCH3 is 1. The van der Waals surface area contributed by atoms with Gasteiger partial charge in [0.25, 0.3) is 0 Å². The Morgan fingerprint density at radius 1 is 1.33 bits per heavy atom. The first-order valence-electron chi connectivity index (χ1n) is 6.78. The van der Waals surface area contributed by atoms with Crippen molar-refractivity contribution in [2.24, 2.45) is 5.92 Å². The van der Waals surface area contributed by atoms with Crippen LogP contribution in [0.4, 0.5) is 0 Å². The number of ether oxygens (including phenoxy) is 1. The van der Waals surface area contributed by atoms with Crippen LogP contribution in [-0.2, 0) is 14.6 Å². The van der Waals surface area contributed by atoms with Crippen molar-refractivity contribution in [3.8, 4) is 5.75 Å². The second-order valence-corrected chi connectivity index (χ2v) is 7.49. The number of nitrogens with one attached hydrogen (secondary N) is 1. The van der Waals surface area contributed by atoms with Crippen LogP contribution in [0.3, 0.4) is 0 Å². The van der Waals surface area contributed by atoms with Gasteiger partial charge >= 0.3 is 0 Å². The van der Waals surface area contributed by atoms with Crippen molar-refractivity contribution in [3.05, 3.63) is 24.3 Å². The minimum Gasteiger partial charge on any atom is -0.497 e. The Labute approximate surface area is 124 Å². The van der Waals surface area contributed by atoms with E-state index in [0.29, 0.717) is 25.0 Å². The summed E-state index contributed by atoms with van der Waals surface area (Å²) in [7, 11) is -1.86. The van der Waals surface area contributed by atoms with Gasteiger partial charge in [-0.2, -0.15) is 0 Å². The van der Waals surface area contributed by atoms with E-state index >= 15 is 0 Å². The normalized spacial score (nSPS) is 22.0. The molecule has 1 aliphatic rings. The third-order valence-electron chi connectivity index (χ3n) is 3.92. The maximum absolute atomic E-state index is 12.5. The molecule has 21 heavy (non-hydrogen) atoms. The topological polar surface area (TPSA) is 92.7 Å². The van der Waals surface area contributed by atoms with E-state index in [1.165, 1.54) is 7.11 Å². The first-order valence-corrected chi connectivity index (χ1v) is 8.33.